The molecule has 11 amide bonds. The number of aryl methyl sites for hydroxylation is 1. The lowest BCUT2D eigenvalue weighted by molar-refractivity contribution is -0.157. The van der Waals surface area contributed by atoms with Crippen molar-refractivity contribution in [3.05, 3.63) is 106 Å². The van der Waals surface area contributed by atoms with Gasteiger partial charge in [-0.15, -0.1) is 0 Å². The second kappa shape index (κ2) is 34.0. The summed E-state index contributed by atoms with van der Waals surface area (Å²) >= 11 is 6.23. The number of amides is 11. The topological polar surface area (TPSA) is 250 Å². The van der Waals surface area contributed by atoms with E-state index in [2.05, 4.69) is 16.0 Å². The van der Waals surface area contributed by atoms with Gasteiger partial charge < -0.3 is 55.1 Å². The molecule has 0 aromatic heterocycles. The monoisotopic (exact) mass is 1350 g/mol. The number of carbonyl (C=O) groups excluding carboxylic acids is 11. The first-order valence-corrected chi connectivity index (χ1v) is 32.4. The van der Waals surface area contributed by atoms with E-state index in [4.69, 9.17) is 11.6 Å². The lowest BCUT2D eigenvalue weighted by atomic mass is 9.96. The molecule has 0 saturated carbocycles. The van der Waals surface area contributed by atoms with Crippen LogP contribution in [0.1, 0.15) is 110 Å². The molecule has 5 rings (SSSR count). The van der Waals surface area contributed by atoms with E-state index in [-0.39, 0.29) is 63.0 Å². The molecule has 0 radical (unpaired) electrons. The van der Waals surface area contributed by atoms with Crippen molar-refractivity contribution in [3.63, 3.8) is 0 Å². The van der Waals surface area contributed by atoms with Crippen LogP contribution in [0.2, 0.25) is 5.02 Å². The van der Waals surface area contributed by atoms with E-state index in [0.29, 0.717) is 34.7 Å². The summed E-state index contributed by atoms with van der Waals surface area (Å²) in [5.41, 5.74) is -0.333. The molecule has 27 heteroatoms. The van der Waals surface area contributed by atoms with Crippen LogP contribution < -0.4 is 16.0 Å². The highest BCUT2D eigenvalue weighted by atomic mass is 35.5. The predicted octanol–water partition coefficient (Wildman–Crippen LogP) is 5.21. The molecule has 3 aromatic carbocycles. The number of nitrogens with one attached hydrogen (secondary N) is 3. The Labute approximate surface area is 559 Å². The van der Waals surface area contributed by atoms with Crippen molar-refractivity contribution in [1.29, 1.82) is 0 Å². The molecule has 0 aliphatic carbocycles. The molecule has 2 heterocycles. The van der Waals surface area contributed by atoms with Gasteiger partial charge in [-0.05, 0) is 98.2 Å². The summed E-state index contributed by atoms with van der Waals surface area (Å²) in [7, 11) is 9.54. The van der Waals surface area contributed by atoms with E-state index in [0.717, 1.165) is 25.7 Å². The first-order valence-electron chi connectivity index (χ1n) is 32.1. The number of carbonyl (C=O) groups is 11. The van der Waals surface area contributed by atoms with Gasteiger partial charge in [-0.2, -0.15) is 13.2 Å². The van der Waals surface area contributed by atoms with E-state index in [9.17, 15) is 51.5 Å². The van der Waals surface area contributed by atoms with Crippen LogP contribution in [-0.2, 0) is 78.2 Å². The fraction of sp³-hybridized carbons (Fsp3) is 0.574. The van der Waals surface area contributed by atoms with Crippen molar-refractivity contribution in [1.82, 2.24) is 55.1 Å². The van der Waals surface area contributed by atoms with Crippen LogP contribution in [0.5, 0.6) is 0 Å². The Kier molecular flexibility index (Phi) is 27.7. The van der Waals surface area contributed by atoms with Crippen LogP contribution >= 0.6 is 11.6 Å². The van der Waals surface area contributed by atoms with Crippen LogP contribution in [-0.4, -0.2) is 228 Å². The minimum atomic E-state index is -5.02. The lowest BCUT2D eigenvalue weighted by Gasteiger charge is -2.43. The van der Waals surface area contributed by atoms with Crippen LogP contribution in [0.25, 0.3) is 0 Å². The van der Waals surface area contributed by atoms with Crippen molar-refractivity contribution in [2.24, 2.45) is 17.8 Å². The van der Waals surface area contributed by atoms with Crippen molar-refractivity contribution < 1.29 is 70.3 Å². The molecular weight excluding hydrogens is 1260 g/mol. The quantitative estimate of drug-likeness (QED) is 0.199. The number of nitrogens with zero attached hydrogens (tertiary/aromatic N) is 8. The molecule has 0 spiro atoms. The number of hydrogen-bond donors (Lipinski definition) is 3. The molecule has 2 fully saturated rings. The highest BCUT2D eigenvalue weighted by Crippen LogP contribution is 2.32. The summed E-state index contributed by atoms with van der Waals surface area (Å²) in [5, 5.41) is 8.66. The first kappa shape index (κ1) is 77.5. The highest BCUT2D eigenvalue weighted by molar-refractivity contribution is 6.30. The Hall–Kier alpha value is -8.16. The summed E-state index contributed by atoms with van der Waals surface area (Å²) < 4.78 is 56.2. The molecule has 1 unspecified atom stereocenters. The SMILES string of the molecule is CC[C@H](C)[C@@H]1NC(=O)[C@H](C)N(C)C(=O)C[C@@H](C)NC(=O)[C@H](C(C)C)N(C)C(=O)[C@H](Cc2ccccc2)N(C)C(=O)[C@H](CC(C)C)N(C)C(=O)[C@H](CCc2ccc(C(F)(F)F)c(F)c2)NC(=O)CN(C)C(=O)[C@H](Cc2ccc(Cl)cc2)N(C)C(=O)C2CCN2C(=O)CN(C)C1=O. The van der Waals surface area contributed by atoms with Gasteiger partial charge in [0.1, 0.15) is 54.2 Å². The molecule has 0 bridgehead atoms. The van der Waals surface area contributed by atoms with Gasteiger partial charge in [0.15, 0.2) is 0 Å². The number of rotatable bonds is 12. The summed E-state index contributed by atoms with van der Waals surface area (Å²) in [5.74, 6) is -10.6. The van der Waals surface area contributed by atoms with Crippen LogP contribution in [0.4, 0.5) is 17.6 Å². The fourth-order valence-corrected chi connectivity index (χ4v) is 11.9. The van der Waals surface area contributed by atoms with Crippen molar-refractivity contribution in [3.8, 4) is 0 Å². The largest absolute Gasteiger partial charge is 0.419 e. The Morgan fingerprint density at radius 3 is 1.68 bits per heavy atom. The minimum absolute atomic E-state index is 0.00881. The number of alkyl halides is 3. The molecular formula is C68H94ClF4N11O11. The van der Waals surface area contributed by atoms with E-state index < -0.39 is 162 Å². The minimum Gasteiger partial charge on any atom is -0.351 e. The lowest BCUT2D eigenvalue weighted by Crippen LogP contribution is -2.63. The van der Waals surface area contributed by atoms with Gasteiger partial charge in [0.25, 0.3) is 0 Å². The third-order valence-electron chi connectivity index (χ3n) is 18.1. The third kappa shape index (κ3) is 20.2. The van der Waals surface area contributed by atoms with Gasteiger partial charge in [0, 0.05) is 86.2 Å². The average molecular weight is 1350 g/mol. The zero-order valence-corrected chi connectivity index (χ0v) is 57.8. The number of hydrogen-bond acceptors (Lipinski definition) is 11. The molecule has 3 N–H and O–H groups in total. The number of fused-ring (bicyclic) bond motifs is 1. The maximum atomic E-state index is 15.4. The molecule has 2 saturated heterocycles. The normalized spacial score (nSPS) is 24.6. The smallest absolute Gasteiger partial charge is 0.351 e. The van der Waals surface area contributed by atoms with E-state index in [1.807, 2.05) is 6.92 Å². The van der Waals surface area contributed by atoms with E-state index >= 15 is 18.8 Å². The molecule has 2 aliphatic rings. The van der Waals surface area contributed by atoms with Gasteiger partial charge in [0.2, 0.25) is 65.0 Å². The van der Waals surface area contributed by atoms with Gasteiger partial charge in [0.05, 0.1) is 18.7 Å². The van der Waals surface area contributed by atoms with Gasteiger partial charge in [-0.3, -0.25) is 52.7 Å². The van der Waals surface area contributed by atoms with Gasteiger partial charge >= 0.3 is 6.18 Å². The fourth-order valence-electron chi connectivity index (χ4n) is 11.8. The average Bonchev–Trinajstić information content (AvgIpc) is 0.805. The Morgan fingerprint density at radius 1 is 0.589 bits per heavy atom. The summed E-state index contributed by atoms with van der Waals surface area (Å²) in [6.07, 6.45) is -5.59. The predicted molar refractivity (Wildman–Crippen MR) is 349 cm³/mol. The second-order valence-corrected chi connectivity index (χ2v) is 26.5. The van der Waals surface area contributed by atoms with Gasteiger partial charge in [-0.1, -0.05) is 108 Å². The maximum absolute atomic E-state index is 15.4. The van der Waals surface area contributed by atoms with Crippen LogP contribution in [0.15, 0.2) is 72.8 Å². The van der Waals surface area contributed by atoms with Crippen LogP contribution in [0, 0.1) is 23.6 Å². The number of halogens is 5. The van der Waals surface area contributed by atoms with Crippen molar-refractivity contribution in [2.45, 2.75) is 167 Å². The molecule has 95 heavy (non-hydrogen) atoms. The van der Waals surface area contributed by atoms with Crippen LogP contribution in [0.3, 0.4) is 0 Å². The number of likely N-dealkylation sites (N-methyl/N-ethyl adjacent to an activating group) is 7. The second-order valence-electron chi connectivity index (χ2n) is 26.1. The Morgan fingerprint density at radius 2 is 1.14 bits per heavy atom. The molecule has 2 aliphatic heterocycles. The molecule has 3 aromatic rings. The first-order chi connectivity index (χ1) is 44.4. The molecule has 22 nitrogen and oxygen atoms in total. The standard InChI is InChI=1S/C68H94ClF4N11O11/c1-16-41(6)58-67(95)78(10)38-57(87)84-31-30-51(84)64(92)81(13)53(36-46-22-26-47(69)27-23-46)63(91)77(9)37-55(85)75-50(29-25-45-24-28-48(49(70)34-45)68(71,72)73)62(90)80(12)52(32-39(2)3)65(93)82(14)54(35-44-20-18-17-19-21-44)66(94)83(15)59(40(4)5)61(89)74-42(7)33-56(86)79(11)43(8)60(88)76-58/h17-24,26-28,34,39-43,50-54,58-59H,16,25,29-33,35-38H2,1-15H3,(H,74,89)(H,75,85)(H,76,88)/t41-,42+,43-,50-,51?,52-,53-,54-,58-,59-/m0/s1. The Bertz CT molecular complexity index is 3250. The third-order valence-corrected chi connectivity index (χ3v) is 18.4. The maximum Gasteiger partial charge on any atom is 0.419 e. The summed E-state index contributed by atoms with van der Waals surface area (Å²) in [6.45, 7) is 12.5. The van der Waals surface area contributed by atoms with Gasteiger partial charge in [-0.25, -0.2) is 4.39 Å². The van der Waals surface area contributed by atoms with E-state index in [1.54, 1.807) is 96.1 Å². The zero-order valence-electron chi connectivity index (χ0n) is 57.1. The van der Waals surface area contributed by atoms with E-state index in [1.165, 1.54) is 75.9 Å². The molecule has 10 atom stereocenters. The van der Waals surface area contributed by atoms with Crippen molar-refractivity contribution >= 4 is 76.6 Å². The Balaban J connectivity index is 1.62. The highest BCUT2D eigenvalue weighted by Gasteiger charge is 2.45. The van der Waals surface area contributed by atoms with Crippen molar-refractivity contribution in [2.75, 3.05) is 69.0 Å². The summed E-state index contributed by atoms with van der Waals surface area (Å²) in [6, 6.07) is 6.37. The summed E-state index contributed by atoms with van der Waals surface area (Å²) in [4.78, 5) is 170. The number of benzene rings is 3. The zero-order chi connectivity index (χ0) is 71.2. The molecule has 522 valence electrons.